The lowest BCUT2D eigenvalue weighted by Crippen LogP contribution is -2.12. The van der Waals surface area contributed by atoms with E-state index in [9.17, 15) is 4.79 Å². The van der Waals surface area contributed by atoms with E-state index in [-0.39, 0.29) is 5.91 Å². The molecule has 1 heterocycles. The van der Waals surface area contributed by atoms with Crippen molar-refractivity contribution in [3.63, 3.8) is 0 Å². The summed E-state index contributed by atoms with van der Waals surface area (Å²) in [6.45, 7) is 0. The number of carbonyl (C=O) groups excluding carboxylic acids is 1. The van der Waals surface area contributed by atoms with Gasteiger partial charge in [0.2, 0.25) is 5.88 Å². The van der Waals surface area contributed by atoms with Crippen molar-refractivity contribution in [1.82, 2.24) is 4.98 Å². The number of nitrogens with one attached hydrogen (secondary N) is 1. The van der Waals surface area contributed by atoms with Crippen LogP contribution in [0.25, 0.3) is 0 Å². The molecule has 0 aliphatic carbocycles. The second-order valence-electron chi connectivity index (χ2n) is 3.55. The molecule has 1 N–H and O–H groups in total. The smallest absolute Gasteiger partial charge is 0.257 e. The third-order valence-corrected chi connectivity index (χ3v) is 3.03. The van der Waals surface area contributed by atoms with Crippen molar-refractivity contribution < 1.29 is 9.53 Å². The lowest BCUT2D eigenvalue weighted by molar-refractivity contribution is 0.102. The number of amides is 1. The molecule has 0 saturated heterocycles. The normalized spacial score (nSPS) is 9.89. The van der Waals surface area contributed by atoms with E-state index >= 15 is 0 Å². The van der Waals surface area contributed by atoms with E-state index in [4.69, 9.17) is 4.74 Å². The number of pyridine rings is 1. The summed E-state index contributed by atoms with van der Waals surface area (Å²) < 4.78 is 6.06. The second kappa shape index (κ2) is 5.81. The van der Waals surface area contributed by atoms with E-state index < -0.39 is 0 Å². The van der Waals surface area contributed by atoms with Gasteiger partial charge in [-0.2, -0.15) is 0 Å². The lowest BCUT2D eigenvalue weighted by Gasteiger charge is -2.05. The molecule has 4 nitrogen and oxygen atoms in total. The zero-order chi connectivity index (χ0) is 13.0. The molecule has 2 aromatic rings. The Bertz CT molecular complexity index is 538. The molecule has 0 aliphatic rings. The fraction of sp³-hybridized carbons (Fsp3) is 0.0769. The number of benzene rings is 1. The van der Waals surface area contributed by atoms with Crippen molar-refractivity contribution in [3.05, 3.63) is 51.7 Å². The molecule has 0 fully saturated rings. The Morgan fingerprint density at radius 2 is 1.94 bits per heavy atom. The van der Waals surface area contributed by atoms with Crippen LogP contribution in [0.2, 0.25) is 0 Å². The van der Waals surface area contributed by atoms with Gasteiger partial charge in [0.15, 0.2) is 0 Å². The van der Waals surface area contributed by atoms with Gasteiger partial charge in [0.1, 0.15) is 0 Å². The monoisotopic (exact) mass is 354 g/mol. The van der Waals surface area contributed by atoms with Crippen molar-refractivity contribution in [1.29, 1.82) is 0 Å². The molecule has 0 atom stereocenters. The Hall–Kier alpha value is -1.63. The van der Waals surface area contributed by atoms with Crippen LogP contribution in [0, 0.1) is 3.57 Å². The lowest BCUT2D eigenvalue weighted by atomic mass is 10.2. The summed E-state index contributed by atoms with van der Waals surface area (Å²) in [6, 6.07) is 10.9. The molecule has 0 radical (unpaired) electrons. The molecule has 0 spiro atoms. The summed E-state index contributed by atoms with van der Waals surface area (Å²) in [7, 11) is 1.54. The maximum absolute atomic E-state index is 11.9. The van der Waals surface area contributed by atoms with Crippen molar-refractivity contribution in [3.8, 4) is 5.88 Å². The summed E-state index contributed by atoms with van der Waals surface area (Å²) in [5, 5.41) is 2.80. The van der Waals surface area contributed by atoms with Gasteiger partial charge in [-0.25, -0.2) is 4.98 Å². The van der Waals surface area contributed by atoms with Crippen molar-refractivity contribution in [2.24, 2.45) is 0 Å². The summed E-state index contributed by atoms with van der Waals surface area (Å²) >= 11 is 2.21. The molecular formula is C13H11IN2O2. The summed E-state index contributed by atoms with van der Waals surface area (Å²) in [4.78, 5) is 15.9. The average Bonchev–Trinajstić information content (AvgIpc) is 2.41. The van der Waals surface area contributed by atoms with Crippen LogP contribution in [0.1, 0.15) is 10.4 Å². The molecule has 0 saturated carbocycles. The highest BCUT2D eigenvalue weighted by Crippen LogP contribution is 2.13. The minimum atomic E-state index is -0.189. The van der Waals surface area contributed by atoms with Crippen molar-refractivity contribution in [2.75, 3.05) is 12.4 Å². The predicted octanol–water partition coefficient (Wildman–Crippen LogP) is 2.95. The predicted molar refractivity (Wildman–Crippen MR) is 77.9 cm³/mol. The fourth-order valence-electron chi connectivity index (χ4n) is 1.37. The van der Waals surface area contributed by atoms with Gasteiger partial charge >= 0.3 is 0 Å². The third-order valence-electron chi connectivity index (χ3n) is 2.31. The average molecular weight is 354 g/mol. The molecule has 1 aromatic carbocycles. The number of halogens is 1. The first-order chi connectivity index (χ1) is 8.69. The van der Waals surface area contributed by atoms with E-state index in [0.717, 1.165) is 9.26 Å². The SMILES string of the molecule is COc1ccc(C(=O)Nc2ccc(I)cc2)cn1. The molecule has 0 unspecified atom stereocenters. The number of hydrogen-bond donors (Lipinski definition) is 1. The van der Waals surface area contributed by atoms with Gasteiger partial charge in [-0.1, -0.05) is 0 Å². The van der Waals surface area contributed by atoms with Crippen LogP contribution in [0.3, 0.4) is 0 Å². The summed E-state index contributed by atoms with van der Waals surface area (Å²) in [6.07, 6.45) is 1.49. The number of rotatable bonds is 3. The Morgan fingerprint density at radius 1 is 1.22 bits per heavy atom. The molecule has 2 rings (SSSR count). The quantitative estimate of drug-likeness (QED) is 0.863. The number of carbonyl (C=O) groups is 1. The molecule has 0 bridgehead atoms. The minimum Gasteiger partial charge on any atom is -0.481 e. The van der Waals surface area contributed by atoms with Gasteiger partial charge in [0.25, 0.3) is 5.91 Å². The molecule has 92 valence electrons. The minimum absolute atomic E-state index is 0.189. The largest absolute Gasteiger partial charge is 0.481 e. The molecule has 5 heteroatoms. The first-order valence-electron chi connectivity index (χ1n) is 5.26. The first-order valence-corrected chi connectivity index (χ1v) is 6.34. The molecule has 18 heavy (non-hydrogen) atoms. The van der Waals surface area contributed by atoms with Gasteiger partial charge in [-0.15, -0.1) is 0 Å². The number of methoxy groups -OCH3 is 1. The Morgan fingerprint density at radius 3 is 2.50 bits per heavy atom. The number of anilines is 1. The number of nitrogens with zero attached hydrogens (tertiary/aromatic N) is 1. The Balaban J connectivity index is 2.09. The third kappa shape index (κ3) is 3.19. The van der Waals surface area contributed by atoms with Crippen LogP contribution in [-0.2, 0) is 0 Å². The fourth-order valence-corrected chi connectivity index (χ4v) is 1.73. The van der Waals surface area contributed by atoms with E-state index in [1.165, 1.54) is 13.3 Å². The topological polar surface area (TPSA) is 51.2 Å². The molecule has 1 amide bonds. The van der Waals surface area contributed by atoms with E-state index in [2.05, 4.69) is 32.9 Å². The van der Waals surface area contributed by atoms with E-state index in [1.54, 1.807) is 12.1 Å². The second-order valence-corrected chi connectivity index (χ2v) is 4.80. The summed E-state index contributed by atoms with van der Waals surface area (Å²) in [5.74, 6) is 0.298. The Kier molecular flexibility index (Phi) is 4.14. The van der Waals surface area contributed by atoms with E-state index in [0.29, 0.717) is 11.4 Å². The number of ether oxygens (including phenoxy) is 1. The Labute approximate surface area is 119 Å². The van der Waals surface area contributed by atoms with Gasteiger partial charge in [0.05, 0.1) is 12.7 Å². The van der Waals surface area contributed by atoms with Crippen molar-refractivity contribution >= 4 is 34.2 Å². The van der Waals surface area contributed by atoms with Gasteiger partial charge in [-0.05, 0) is 52.9 Å². The highest BCUT2D eigenvalue weighted by molar-refractivity contribution is 14.1. The zero-order valence-electron chi connectivity index (χ0n) is 9.68. The van der Waals surface area contributed by atoms with Crippen LogP contribution in [0.5, 0.6) is 5.88 Å². The summed E-state index contributed by atoms with van der Waals surface area (Å²) in [5.41, 5.74) is 1.26. The van der Waals surface area contributed by atoms with Crippen LogP contribution in [0.4, 0.5) is 5.69 Å². The zero-order valence-corrected chi connectivity index (χ0v) is 11.8. The molecule has 1 aromatic heterocycles. The van der Waals surface area contributed by atoms with Gasteiger partial charge in [0, 0.05) is 21.5 Å². The van der Waals surface area contributed by atoms with Crippen LogP contribution in [-0.4, -0.2) is 18.0 Å². The maximum atomic E-state index is 11.9. The van der Waals surface area contributed by atoms with Crippen molar-refractivity contribution in [2.45, 2.75) is 0 Å². The first kappa shape index (κ1) is 12.8. The van der Waals surface area contributed by atoms with E-state index in [1.807, 2.05) is 24.3 Å². The van der Waals surface area contributed by atoms with Gasteiger partial charge < -0.3 is 10.1 Å². The number of hydrogen-bond acceptors (Lipinski definition) is 3. The standard InChI is InChI=1S/C13H11IN2O2/c1-18-12-7-2-9(8-15-12)13(17)16-11-5-3-10(14)4-6-11/h2-8H,1H3,(H,16,17). The van der Waals surface area contributed by atoms with Crippen LogP contribution in [0.15, 0.2) is 42.6 Å². The number of aromatic nitrogens is 1. The molecule has 0 aliphatic heterocycles. The highest BCUT2D eigenvalue weighted by atomic mass is 127. The van der Waals surface area contributed by atoms with Gasteiger partial charge in [-0.3, -0.25) is 4.79 Å². The molecular weight excluding hydrogens is 343 g/mol. The maximum Gasteiger partial charge on any atom is 0.257 e. The van der Waals surface area contributed by atoms with Crippen LogP contribution >= 0.6 is 22.6 Å². The highest BCUT2D eigenvalue weighted by Gasteiger charge is 2.06. The van der Waals surface area contributed by atoms with Crippen LogP contribution < -0.4 is 10.1 Å².